The van der Waals surface area contributed by atoms with Crippen LogP contribution in [0.5, 0.6) is 0 Å². The molecule has 0 spiro atoms. The summed E-state index contributed by atoms with van der Waals surface area (Å²) in [4.78, 5) is 14.6. The molecule has 0 aliphatic carbocycles. The third kappa shape index (κ3) is 2.43. The maximum Gasteiger partial charge on any atom is 0.256 e. The molecule has 1 aliphatic heterocycles. The van der Waals surface area contributed by atoms with E-state index in [9.17, 15) is 9.90 Å². The molecule has 0 fully saturated rings. The highest BCUT2D eigenvalue weighted by molar-refractivity contribution is 6.84. The molecule has 0 saturated carbocycles. The van der Waals surface area contributed by atoms with E-state index in [4.69, 9.17) is 0 Å². The minimum absolute atomic E-state index is 0.120. The minimum atomic E-state index is -1.95. The molecular weight excluding hydrogens is 314 g/mol. The van der Waals surface area contributed by atoms with Gasteiger partial charge < -0.3 is 5.11 Å². The lowest BCUT2D eigenvalue weighted by Gasteiger charge is -2.40. The van der Waals surface area contributed by atoms with Gasteiger partial charge in [-0.15, -0.1) is 0 Å². The molecule has 1 aliphatic rings. The van der Waals surface area contributed by atoms with Crippen LogP contribution < -0.4 is 4.90 Å². The molecule has 1 unspecified atom stereocenters. The summed E-state index contributed by atoms with van der Waals surface area (Å²) in [7, 11) is -1.95. The molecule has 4 heteroatoms. The summed E-state index contributed by atoms with van der Waals surface area (Å²) >= 11 is 0. The molecule has 124 valence electrons. The molecule has 0 aromatic heterocycles. The van der Waals surface area contributed by atoms with Crippen molar-refractivity contribution in [2.45, 2.75) is 32.3 Å². The Morgan fingerprint density at radius 3 is 1.92 bits per heavy atom. The van der Waals surface area contributed by atoms with Crippen molar-refractivity contribution in [3.8, 4) is 0 Å². The fourth-order valence-electron chi connectivity index (χ4n) is 3.71. The van der Waals surface area contributed by atoms with Crippen LogP contribution in [0.1, 0.15) is 12.5 Å². The lowest BCUT2D eigenvalue weighted by Crippen LogP contribution is -2.50. The summed E-state index contributed by atoms with van der Waals surface area (Å²) in [6, 6.07) is 18.9. The molecule has 3 nitrogen and oxygen atoms in total. The predicted molar refractivity (Wildman–Crippen MR) is 100 cm³/mol. The average molecular weight is 337 g/mol. The molecule has 24 heavy (non-hydrogen) atoms. The number of carbonyl (C=O) groups is 1. The smallest absolute Gasteiger partial charge is 0.256 e. The topological polar surface area (TPSA) is 40.5 Å². The van der Waals surface area contributed by atoms with Crippen LogP contribution in [-0.2, 0) is 10.5 Å². The van der Waals surface area contributed by atoms with Gasteiger partial charge in [-0.2, -0.15) is 0 Å². The van der Waals surface area contributed by atoms with E-state index in [2.05, 4.69) is 19.6 Å². The Morgan fingerprint density at radius 2 is 1.42 bits per heavy atom. The summed E-state index contributed by atoms with van der Waals surface area (Å²) < 4.78 is 0. The first-order valence-corrected chi connectivity index (χ1v) is 11.7. The summed E-state index contributed by atoms with van der Waals surface area (Å²) in [5, 5.41) is 12.8. The number of carbonyl (C=O) groups excluding carboxylic acids is 1. The van der Waals surface area contributed by atoms with Gasteiger partial charge in [0, 0.05) is 16.8 Å². The van der Waals surface area contributed by atoms with E-state index < -0.39 is 13.8 Å². The van der Waals surface area contributed by atoms with Crippen molar-refractivity contribution in [3.63, 3.8) is 0 Å². The summed E-state index contributed by atoms with van der Waals surface area (Å²) in [6.07, 6.45) is 0. The highest BCUT2D eigenvalue weighted by atomic mass is 28.3. The van der Waals surface area contributed by atoms with Gasteiger partial charge >= 0.3 is 0 Å². The average Bonchev–Trinajstić information content (AvgIpc) is 2.76. The van der Waals surface area contributed by atoms with Crippen LogP contribution in [0.3, 0.4) is 0 Å². The number of nitrogens with zero attached hydrogens (tertiary/aromatic N) is 1. The molecule has 1 N–H and O–H groups in total. The standard InChI is InChI=1S/C20H23NO2Si/c1-15-18(24(2,3)4)20(23,16-11-7-5-8-12-16)21(19(15)22)17-13-9-6-10-14-17/h5-14,23H,1-4H3. The van der Waals surface area contributed by atoms with Gasteiger partial charge in [0.05, 0.1) is 8.07 Å². The molecule has 1 atom stereocenters. The fraction of sp³-hybridized carbons (Fsp3) is 0.250. The van der Waals surface area contributed by atoms with Crippen LogP contribution in [-0.4, -0.2) is 19.1 Å². The molecule has 1 heterocycles. The first-order chi connectivity index (χ1) is 11.3. The normalized spacial score (nSPS) is 21.5. The highest BCUT2D eigenvalue weighted by Crippen LogP contribution is 2.47. The van der Waals surface area contributed by atoms with Gasteiger partial charge in [-0.25, -0.2) is 0 Å². The summed E-state index contributed by atoms with van der Waals surface area (Å²) in [5.41, 5.74) is 0.691. The van der Waals surface area contributed by atoms with Crippen molar-refractivity contribution in [2.24, 2.45) is 0 Å². The van der Waals surface area contributed by atoms with Crippen molar-refractivity contribution in [2.75, 3.05) is 4.90 Å². The third-order valence-corrected chi connectivity index (χ3v) is 6.74. The Bertz CT molecular complexity index is 793. The van der Waals surface area contributed by atoms with Crippen LogP contribution >= 0.6 is 0 Å². The van der Waals surface area contributed by atoms with Crippen molar-refractivity contribution in [3.05, 3.63) is 77.0 Å². The number of hydrogen-bond acceptors (Lipinski definition) is 2. The number of anilines is 1. The first kappa shape index (κ1) is 16.7. The van der Waals surface area contributed by atoms with E-state index in [0.717, 1.165) is 10.8 Å². The largest absolute Gasteiger partial charge is 0.363 e. The molecule has 1 amide bonds. The van der Waals surface area contributed by atoms with E-state index in [1.165, 1.54) is 0 Å². The first-order valence-electron chi connectivity index (χ1n) is 8.17. The maximum atomic E-state index is 13.1. The summed E-state index contributed by atoms with van der Waals surface area (Å²) in [6.45, 7) is 8.34. The quantitative estimate of drug-likeness (QED) is 0.858. The van der Waals surface area contributed by atoms with Crippen molar-refractivity contribution >= 4 is 19.7 Å². The second-order valence-corrected chi connectivity index (χ2v) is 12.3. The minimum Gasteiger partial charge on any atom is -0.363 e. The number of amides is 1. The molecule has 3 rings (SSSR count). The van der Waals surface area contributed by atoms with E-state index in [1.54, 1.807) is 4.90 Å². The van der Waals surface area contributed by atoms with Crippen molar-refractivity contribution < 1.29 is 9.90 Å². The third-order valence-electron chi connectivity index (χ3n) is 4.51. The molecule has 0 saturated heterocycles. The number of hydrogen-bond donors (Lipinski definition) is 1. The number of benzene rings is 2. The van der Waals surface area contributed by atoms with Crippen LogP contribution in [0, 0.1) is 0 Å². The van der Waals surface area contributed by atoms with Gasteiger partial charge in [-0.3, -0.25) is 9.69 Å². The zero-order valence-electron chi connectivity index (χ0n) is 14.6. The number of rotatable bonds is 3. The Balaban J connectivity index is 2.30. The van der Waals surface area contributed by atoms with Gasteiger partial charge in [-0.05, 0) is 24.3 Å². The predicted octanol–water partition coefficient (Wildman–Crippen LogP) is 4.07. The molecule has 2 aromatic rings. The molecule has 0 radical (unpaired) electrons. The van der Waals surface area contributed by atoms with Gasteiger partial charge in [0.1, 0.15) is 0 Å². The van der Waals surface area contributed by atoms with Crippen molar-refractivity contribution in [1.82, 2.24) is 0 Å². The van der Waals surface area contributed by atoms with E-state index in [-0.39, 0.29) is 5.91 Å². The Morgan fingerprint density at radius 1 is 0.917 bits per heavy atom. The van der Waals surface area contributed by atoms with Gasteiger partial charge in [0.2, 0.25) is 0 Å². The van der Waals surface area contributed by atoms with Crippen LogP contribution in [0.2, 0.25) is 19.6 Å². The van der Waals surface area contributed by atoms with Crippen LogP contribution in [0.25, 0.3) is 0 Å². The van der Waals surface area contributed by atoms with Gasteiger partial charge in [-0.1, -0.05) is 68.2 Å². The molecular formula is C20H23NO2Si. The van der Waals surface area contributed by atoms with E-state index in [1.807, 2.05) is 67.6 Å². The zero-order valence-corrected chi connectivity index (χ0v) is 15.6. The number of aliphatic hydroxyl groups is 1. The van der Waals surface area contributed by atoms with Gasteiger partial charge in [0.15, 0.2) is 5.72 Å². The van der Waals surface area contributed by atoms with Crippen molar-refractivity contribution in [1.29, 1.82) is 0 Å². The van der Waals surface area contributed by atoms with Gasteiger partial charge in [0.25, 0.3) is 5.91 Å². The SMILES string of the molecule is CC1=C([Si](C)(C)C)C(O)(c2ccccc2)N(c2ccccc2)C1=O. The Hall–Kier alpha value is -2.17. The van der Waals surface area contributed by atoms with E-state index in [0.29, 0.717) is 11.3 Å². The monoisotopic (exact) mass is 337 g/mol. The zero-order chi connectivity index (χ0) is 17.5. The second-order valence-electron chi connectivity index (χ2n) is 7.26. The number of para-hydroxylation sites is 1. The van der Waals surface area contributed by atoms with Crippen LogP contribution in [0.15, 0.2) is 71.4 Å². The lowest BCUT2D eigenvalue weighted by molar-refractivity contribution is -0.117. The lowest BCUT2D eigenvalue weighted by atomic mass is 10.0. The Labute approximate surface area is 144 Å². The molecule has 2 aromatic carbocycles. The highest BCUT2D eigenvalue weighted by Gasteiger charge is 2.54. The van der Waals surface area contributed by atoms with E-state index >= 15 is 0 Å². The van der Waals surface area contributed by atoms with Crippen LogP contribution in [0.4, 0.5) is 5.69 Å². The summed E-state index contributed by atoms with van der Waals surface area (Å²) in [5.74, 6) is -0.120. The molecule has 0 bridgehead atoms. The Kier molecular flexibility index (Phi) is 3.98. The fourth-order valence-corrected chi connectivity index (χ4v) is 6.24. The maximum absolute atomic E-state index is 13.1. The second kappa shape index (κ2) is 5.72.